The Labute approximate surface area is 79.2 Å². The van der Waals surface area contributed by atoms with Crippen LogP contribution in [0.25, 0.3) is 0 Å². The highest BCUT2D eigenvalue weighted by Gasteiger charge is 2.09. The molecule has 1 aromatic rings. The Bertz CT molecular complexity index is 329. The van der Waals surface area contributed by atoms with E-state index in [4.69, 9.17) is 0 Å². The first-order chi connectivity index (χ1) is 6.02. The molecule has 70 valence electrons. The summed E-state index contributed by atoms with van der Waals surface area (Å²) in [4.78, 5) is 13.2. The van der Waals surface area contributed by atoms with Gasteiger partial charge in [-0.2, -0.15) is 0 Å². The molecule has 1 aromatic carbocycles. The van der Waals surface area contributed by atoms with Crippen molar-refractivity contribution in [1.29, 1.82) is 0 Å². The molecule has 2 heteroatoms. The van der Waals surface area contributed by atoms with Gasteiger partial charge in [0.25, 0.3) is 5.91 Å². The minimum absolute atomic E-state index is 0.0671. The van der Waals surface area contributed by atoms with Gasteiger partial charge in [0.15, 0.2) is 0 Å². The molecule has 2 nitrogen and oxygen atoms in total. The van der Waals surface area contributed by atoms with Gasteiger partial charge in [-0.3, -0.25) is 4.79 Å². The molecule has 0 heterocycles. The molecule has 0 atom stereocenters. The maximum absolute atomic E-state index is 11.6. The molecule has 1 amide bonds. The summed E-state index contributed by atoms with van der Waals surface area (Å²) in [6, 6.07) is 5.87. The van der Waals surface area contributed by atoms with E-state index >= 15 is 0 Å². The normalized spacial score (nSPS) is 9.85. The minimum Gasteiger partial charge on any atom is -0.345 e. The van der Waals surface area contributed by atoms with E-state index in [-0.39, 0.29) is 5.91 Å². The highest BCUT2D eigenvalue weighted by atomic mass is 16.2. The second-order valence-electron chi connectivity index (χ2n) is 3.52. The number of rotatable bonds is 1. The summed E-state index contributed by atoms with van der Waals surface area (Å²) in [7, 11) is 3.53. The Morgan fingerprint density at radius 1 is 1.23 bits per heavy atom. The molecular formula is C11H15NO. The van der Waals surface area contributed by atoms with Crippen molar-refractivity contribution in [3.63, 3.8) is 0 Å². The molecule has 13 heavy (non-hydrogen) atoms. The average Bonchev–Trinajstić information content (AvgIpc) is 2.03. The third-order valence-corrected chi connectivity index (χ3v) is 2.02. The average molecular weight is 177 g/mol. The summed E-state index contributed by atoms with van der Waals surface area (Å²) in [5.74, 6) is 0.0671. The Balaban J connectivity index is 3.09. The lowest BCUT2D eigenvalue weighted by Gasteiger charge is -2.12. The molecule has 0 aliphatic carbocycles. The third-order valence-electron chi connectivity index (χ3n) is 2.02. The van der Waals surface area contributed by atoms with Crippen molar-refractivity contribution in [1.82, 2.24) is 4.90 Å². The standard InChI is InChI=1S/C11H15NO/c1-8-5-6-10(9(2)7-8)11(13)12(3)4/h5-7H,1-4H3. The zero-order valence-electron chi connectivity index (χ0n) is 8.59. The van der Waals surface area contributed by atoms with Gasteiger partial charge in [-0.25, -0.2) is 0 Å². The zero-order valence-corrected chi connectivity index (χ0v) is 8.59. The molecule has 0 saturated heterocycles. The number of aryl methyl sites for hydroxylation is 2. The number of nitrogens with zero attached hydrogens (tertiary/aromatic N) is 1. The third kappa shape index (κ3) is 2.08. The Morgan fingerprint density at radius 3 is 2.31 bits per heavy atom. The van der Waals surface area contributed by atoms with Gasteiger partial charge in [0.2, 0.25) is 0 Å². The van der Waals surface area contributed by atoms with Crippen LogP contribution in [0.4, 0.5) is 0 Å². The van der Waals surface area contributed by atoms with Crippen molar-refractivity contribution in [3.05, 3.63) is 34.9 Å². The van der Waals surface area contributed by atoms with Crippen molar-refractivity contribution < 1.29 is 4.79 Å². The molecule has 0 bridgehead atoms. The van der Waals surface area contributed by atoms with Crippen LogP contribution in [0.3, 0.4) is 0 Å². The van der Waals surface area contributed by atoms with Crippen LogP contribution in [0, 0.1) is 13.8 Å². The molecule has 0 aliphatic heterocycles. The van der Waals surface area contributed by atoms with E-state index < -0.39 is 0 Å². The van der Waals surface area contributed by atoms with E-state index in [0.29, 0.717) is 0 Å². The quantitative estimate of drug-likeness (QED) is 0.642. The molecule has 0 aromatic heterocycles. The summed E-state index contributed by atoms with van der Waals surface area (Å²) in [6.07, 6.45) is 0. The fourth-order valence-corrected chi connectivity index (χ4v) is 1.29. The van der Waals surface area contributed by atoms with Gasteiger partial charge in [-0.1, -0.05) is 17.7 Å². The Morgan fingerprint density at radius 2 is 1.85 bits per heavy atom. The molecule has 1 rings (SSSR count). The van der Waals surface area contributed by atoms with Crippen molar-refractivity contribution in [3.8, 4) is 0 Å². The van der Waals surface area contributed by atoms with Gasteiger partial charge in [0, 0.05) is 19.7 Å². The fourth-order valence-electron chi connectivity index (χ4n) is 1.29. The van der Waals surface area contributed by atoms with Gasteiger partial charge in [0.05, 0.1) is 0 Å². The second-order valence-corrected chi connectivity index (χ2v) is 3.52. The van der Waals surface area contributed by atoms with E-state index in [1.807, 2.05) is 32.0 Å². The molecule has 0 fully saturated rings. The van der Waals surface area contributed by atoms with E-state index in [0.717, 1.165) is 11.1 Å². The largest absolute Gasteiger partial charge is 0.345 e. The Kier molecular flexibility index (Phi) is 2.71. The highest BCUT2D eigenvalue weighted by Crippen LogP contribution is 2.11. The topological polar surface area (TPSA) is 20.3 Å². The lowest BCUT2D eigenvalue weighted by Crippen LogP contribution is -2.22. The smallest absolute Gasteiger partial charge is 0.253 e. The van der Waals surface area contributed by atoms with E-state index in [1.54, 1.807) is 19.0 Å². The van der Waals surface area contributed by atoms with Gasteiger partial charge in [0.1, 0.15) is 0 Å². The maximum atomic E-state index is 11.6. The lowest BCUT2D eigenvalue weighted by molar-refractivity contribution is 0.0827. The first kappa shape index (κ1) is 9.78. The van der Waals surface area contributed by atoms with Gasteiger partial charge in [-0.15, -0.1) is 0 Å². The Hall–Kier alpha value is -1.31. The summed E-state index contributed by atoms with van der Waals surface area (Å²) in [5.41, 5.74) is 3.02. The first-order valence-corrected chi connectivity index (χ1v) is 4.31. The van der Waals surface area contributed by atoms with Crippen molar-refractivity contribution >= 4 is 5.91 Å². The van der Waals surface area contributed by atoms with Crippen LogP contribution in [0.15, 0.2) is 18.2 Å². The molecule has 0 spiro atoms. The van der Waals surface area contributed by atoms with Crippen molar-refractivity contribution in [2.24, 2.45) is 0 Å². The lowest BCUT2D eigenvalue weighted by atomic mass is 10.1. The van der Waals surface area contributed by atoms with Crippen molar-refractivity contribution in [2.45, 2.75) is 13.8 Å². The van der Waals surface area contributed by atoms with Gasteiger partial charge in [-0.05, 0) is 25.5 Å². The van der Waals surface area contributed by atoms with Crippen LogP contribution >= 0.6 is 0 Å². The SMILES string of the molecule is Cc1ccc(C(=O)N(C)C)c(C)c1. The predicted molar refractivity (Wildman–Crippen MR) is 53.9 cm³/mol. The van der Waals surface area contributed by atoms with Crippen molar-refractivity contribution in [2.75, 3.05) is 14.1 Å². The highest BCUT2D eigenvalue weighted by molar-refractivity contribution is 5.95. The van der Waals surface area contributed by atoms with Crippen LogP contribution < -0.4 is 0 Å². The molecule has 0 unspecified atom stereocenters. The summed E-state index contributed by atoms with van der Waals surface area (Å²) < 4.78 is 0. The van der Waals surface area contributed by atoms with E-state index in [2.05, 4.69) is 0 Å². The number of hydrogen-bond acceptors (Lipinski definition) is 1. The molecule has 0 radical (unpaired) electrons. The molecular weight excluding hydrogens is 162 g/mol. The van der Waals surface area contributed by atoms with E-state index in [1.165, 1.54) is 5.56 Å². The first-order valence-electron chi connectivity index (χ1n) is 4.31. The second kappa shape index (κ2) is 3.60. The molecule has 0 N–H and O–H groups in total. The van der Waals surface area contributed by atoms with Crippen LogP contribution in [0.2, 0.25) is 0 Å². The number of carbonyl (C=O) groups is 1. The van der Waals surface area contributed by atoms with Crippen LogP contribution in [-0.4, -0.2) is 24.9 Å². The van der Waals surface area contributed by atoms with E-state index in [9.17, 15) is 4.79 Å². The predicted octanol–water partition coefficient (Wildman–Crippen LogP) is 2.01. The van der Waals surface area contributed by atoms with Crippen LogP contribution in [0.1, 0.15) is 21.5 Å². The fraction of sp³-hybridized carbons (Fsp3) is 0.364. The van der Waals surface area contributed by atoms with Gasteiger partial charge < -0.3 is 4.90 Å². The maximum Gasteiger partial charge on any atom is 0.253 e. The number of carbonyl (C=O) groups excluding carboxylic acids is 1. The summed E-state index contributed by atoms with van der Waals surface area (Å²) in [5, 5.41) is 0. The molecule has 0 aliphatic rings. The number of benzene rings is 1. The number of hydrogen-bond donors (Lipinski definition) is 0. The summed E-state index contributed by atoms with van der Waals surface area (Å²) in [6.45, 7) is 3.99. The number of amides is 1. The monoisotopic (exact) mass is 177 g/mol. The minimum atomic E-state index is 0.0671. The van der Waals surface area contributed by atoms with Crippen LogP contribution in [0.5, 0.6) is 0 Å². The summed E-state index contributed by atoms with van der Waals surface area (Å²) >= 11 is 0. The van der Waals surface area contributed by atoms with Crippen LogP contribution in [-0.2, 0) is 0 Å². The van der Waals surface area contributed by atoms with Gasteiger partial charge >= 0.3 is 0 Å². The zero-order chi connectivity index (χ0) is 10.0. The molecule has 0 saturated carbocycles.